The monoisotopic (exact) mass is 354 g/mol. The standard InChI is InChI=1S/C20H26N4O2/c1-15-5-4-10-24(14-15)19-13-22-18(12-23-19)20(25)21-9-8-16-6-3-7-17(11-16)26-2/h3,6-7,11-13,15H,4-5,8-10,14H2,1-2H3,(H,21,25). The van der Waals surface area contributed by atoms with Crippen molar-refractivity contribution in [1.82, 2.24) is 15.3 Å². The Labute approximate surface area is 154 Å². The van der Waals surface area contributed by atoms with Crippen LogP contribution in [0.5, 0.6) is 5.75 Å². The first-order valence-corrected chi connectivity index (χ1v) is 9.14. The van der Waals surface area contributed by atoms with Gasteiger partial charge >= 0.3 is 0 Å². The van der Waals surface area contributed by atoms with Crippen molar-refractivity contribution in [1.29, 1.82) is 0 Å². The van der Waals surface area contributed by atoms with Crippen molar-refractivity contribution in [2.24, 2.45) is 5.92 Å². The molecule has 0 saturated carbocycles. The maximum atomic E-state index is 12.2. The molecule has 6 heteroatoms. The van der Waals surface area contributed by atoms with Crippen molar-refractivity contribution in [3.8, 4) is 5.75 Å². The Kier molecular flexibility index (Phi) is 6.04. The highest BCUT2D eigenvalue weighted by Crippen LogP contribution is 2.20. The lowest BCUT2D eigenvalue weighted by Gasteiger charge is -2.31. The quantitative estimate of drug-likeness (QED) is 0.864. The van der Waals surface area contributed by atoms with Crippen LogP contribution < -0.4 is 15.0 Å². The van der Waals surface area contributed by atoms with E-state index in [2.05, 4.69) is 27.1 Å². The molecule has 2 heterocycles. The molecule has 0 spiro atoms. The zero-order chi connectivity index (χ0) is 18.4. The molecular formula is C20H26N4O2. The number of anilines is 1. The number of nitrogens with zero attached hydrogens (tertiary/aromatic N) is 3. The van der Waals surface area contributed by atoms with Crippen molar-refractivity contribution in [2.45, 2.75) is 26.2 Å². The zero-order valence-electron chi connectivity index (χ0n) is 15.4. The molecule has 0 radical (unpaired) electrons. The number of rotatable bonds is 6. The van der Waals surface area contributed by atoms with Gasteiger partial charge in [0.25, 0.3) is 5.91 Å². The first kappa shape index (κ1) is 18.2. The molecule has 0 aliphatic carbocycles. The number of hydrogen-bond acceptors (Lipinski definition) is 5. The summed E-state index contributed by atoms with van der Waals surface area (Å²) in [5.41, 5.74) is 1.47. The maximum absolute atomic E-state index is 12.2. The van der Waals surface area contributed by atoms with Crippen molar-refractivity contribution in [3.05, 3.63) is 47.9 Å². The number of aromatic nitrogens is 2. The second-order valence-electron chi connectivity index (χ2n) is 6.81. The molecule has 1 aromatic carbocycles. The Hall–Kier alpha value is -2.63. The Balaban J connectivity index is 1.51. The number of benzene rings is 1. The molecule has 1 amide bonds. The number of methoxy groups -OCH3 is 1. The third kappa shape index (κ3) is 4.71. The van der Waals surface area contributed by atoms with E-state index in [1.807, 2.05) is 24.3 Å². The fraction of sp³-hybridized carbons (Fsp3) is 0.450. The van der Waals surface area contributed by atoms with Crippen LogP contribution in [0.2, 0.25) is 0 Å². The number of hydrogen-bond donors (Lipinski definition) is 1. The number of nitrogens with one attached hydrogen (secondary N) is 1. The fourth-order valence-electron chi connectivity index (χ4n) is 3.24. The highest BCUT2D eigenvalue weighted by molar-refractivity contribution is 5.92. The zero-order valence-corrected chi connectivity index (χ0v) is 15.4. The van der Waals surface area contributed by atoms with E-state index in [0.717, 1.165) is 36.6 Å². The Morgan fingerprint density at radius 2 is 2.23 bits per heavy atom. The molecule has 1 unspecified atom stereocenters. The van der Waals surface area contributed by atoms with Gasteiger partial charge in [-0.1, -0.05) is 19.1 Å². The molecule has 3 rings (SSSR count). The number of ether oxygens (including phenoxy) is 1. The van der Waals surface area contributed by atoms with Gasteiger partial charge in [-0.25, -0.2) is 9.97 Å². The number of carbonyl (C=O) groups is 1. The molecule has 0 bridgehead atoms. The largest absolute Gasteiger partial charge is 0.497 e. The molecule has 26 heavy (non-hydrogen) atoms. The predicted octanol–water partition coefficient (Wildman–Crippen LogP) is 2.69. The molecule has 2 aromatic rings. The minimum Gasteiger partial charge on any atom is -0.497 e. The van der Waals surface area contributed by atoms with Crippen LogP contribution in [0.3, 0.4) is 0 Å². The average Bonchev–Trinajstić information content (AvgIpc) is 2.68. The molecule has 6 nitrogen and oxygen atoms in total. The Bertz CT molecular complexity index is 733. The summed E-state index contributed by atoms with van der Waals surface area (Å²) < 4.78 is 5.21. The summed E-state index contributed by atoms with van der Waals surface area (Å²) in [4.78, 5) is 23.2. The summed E-state index contributed by atoms with van der Waals surface area (Å²) >= 11 is 0. The second-order valence-corrected chi connectivity index (χ2v) is 6.81. The van der Waals surface area contributed by atoms with Gasteiger partial charge in [0.15, 0.2) is 0 Å². The summed E-state index contributed by atoms with van der Waals surface area (Å²) in [5, 5.41) is 2.90. The van der Waals surface area contributed by atoms with Crippen molar-refractivity contribution >= 4 is 11.7 Å². The van der Waals surface area contributed by atoms with E-state index in [4.69, 9.17) is 4.74 Å². The van der Waals surface area contributed by atoms with Gasteiger partial charge in [0.1, 0.15) is 17.3 Å². The van der Waals surface area contributed by atoms with Crippen LogP contribution in [0.25, 0.3) is 0 Å². The van der Waals surface area contributed by atoms with Gasteiger partial charge in [0, 0.05) is 19.6 Å². The van der Waals surface area contributed by atoms with Gasteiger partial charge in [0.05, 0.1) is 19.5 Å². The molecule has 1 aliphatic heterocycles. The minimum atomic E-state index is -0.195. The van der Waals surface area contributed by atoms with E-state index in [-0.39, 0.29) is 5.91 Å². The first-order valence-electron chi connectivity index (χ1n) is 9.14. The summed E-state index contributed by atoms with van der Waals surface area (Å²) in [6.45, 7) is 4.80. The summed E-state index contributed by atoms with van der Waals surface area (Å²) in [6.07, 6.45) is 6.44. The second kappa shape index (κ2) is 8.65. The number of amides is 1. The van der Waals surface area contributed by atoms with Gasteiger partial charge in [0.2, 0.25) is 0 Å². The van der Waals surface area contributed by atoms with E-state index in [9.17, 15) is 4.79 Å². The molecule has 1 N–H and O–H groups in total. The molecular weight excluding hydrogens is 328 g/mol. The van der Waals surface area contributed by atoms with Gasteiger partial charge in [-0.3, -0.25) is 4.79 Å². The number of piperidine rings is 1. The summed E-state index contributed by atoms with van der Waals surface area (Å²) in [7, 11) is 1.65. The Morgan fingerprint density at radius 1 is 1.35 bits per heavy atom. The first-order chi connectivity index (χ1) is 12.7. The third-order valence-electron chi connectivity index (χ3n) is 4.69. The van der Waals surface area contributed by atoms with E-state index >= 15 is 0 Å². The SMILES string of the molecule is COc1cccc(CCNC(=O)c2cnc(N3CCCC(C)C3)cn2)c1. The van der Waals surface area contributed by atoms with Gasteiger partial charge in [-0.05, 0) is 42.9 Å². The van der Waals surface area contributed by atoms with Crippen LogP contribution in [0.15, 0.2) is 36.7 Å². The lowest BCUT2D eigenvalue weighted by molar-refractivity contribution is 0.0949. The molecule has 1 atom stereocenters. The van der Waals surface area contributed by atoms with Gasteiger partial charge in [-0.15, -0.1) is 0 Å². The Morgan fingerprint density at radius 3 is 2.96 bits per heavy atom. The highest BCUT2D eigenvalue weighted by atomic mass is 16.5. The fourth-order valence-corrected chi connectivity index (χ4v) is 3.24. The van der Waals surface area contributed by atoms with Gasteiger partial charge < -0.3 is 15.0 Å². The predicted molar refractivity (Wildman–Crippen MR) is 102 cm³/mol. The van der Waals surface area contributed by atoms with Crippen LogP contribution in [-0.2, 0) is 6.42 Å². The summed E-state index contributed by atoms with van der Waals surface area (Å²) in [6, 6.07) is 7.84. The summed E-state index contributed by atoms with van der Waals surface area (Å²) in [5.74, 6) is 2.15. The molecule has 138 valence electrons. The highest BCUT2D eigenvalue weighted by Gasteiger charge is 2.18. The maximum Gasteiger partial charge on any atom is 0.271 e. The van der Waals surface area contributed by atoms with Crippen molar-refractivity contribution in [2.75, 3.05) is 31.6 Å². The van der Waals surface area contributed by atoms with Crippen LogP contribution >= 0.6 is 0 Å². The third-order valence-corrected chi connectivity index (χ3v) is 4.69. The normalized spacial score (nSPS) is 17.0. The lowest BCUT2D eigenvalue weighted by atomic mass is 10.0. The topological polar surface area (TPSA) is 67.3 Å². The average molecular weight is 354 g/mol. The molecule has 1 saturated heterocycles. The molecule has 1 aromatic heterocycles. The van der Waals surface area contributed by atoms with Crippen molar-refractivity contribution in [3.63, 3.8) is 0 Å². The van der Waals surface area contributed by atoms with E-state index in [0.29, 0.717) is 18.2 Å². The lowest BCUT2D eigenvalue weighted by Crippen LogP contribution is -2.35. The molecule has 1 aliphatic rings. The van der Waals surface area contributed by atoms with E-state index < -0.39 is 0 Å². The molecule has 1 fully saturated rings. The van der Waals surface area contributed by atoms with Crippen molar-refractivity contribution < 1.29 is 9.53 Å². The van der Waals surface area contributed by atoms with Crippen LogP contribution in [0, 0.1) is 5.92 Å². The minimum absolute atomic E-state index is 0.195. The van der Waals surface area contributed by atoms with E-state index in [1.165, 1.54) is 12.8 Å². The van der Waals surface area contributed by atoms with Crippen LogP contribution in [0.1, 0.15) is 35.8 Å². The van der Waals surface area contributed by atoms with Crippen LogP contribution in [0.4, 0.5) is 5.82 Å². The smallest absolute Gasteiger partial charge is 0.271 e. The van der Waals surface area contributed by atoms with E-state index in [1.54, 1.807) is 19.5 Å². The van der Waals surface area contributed by atoms with Gasteiger partial charge in [-0.2, -0.15) is 0 Å². The number of carbonyl (C=O) groups excluding carboxylic acids is 1. The van der Waals surface area contributed by atoms with Crippen LogP contribution in [-0.4, -0.2) is 42.6 Å².